The minimum absolute atomic E-state index is 0.0331. The van der Waals surface area contributed by atoms with Gasteiger partial charge in [0.2, 0.25) is 5.91 Å². The average Bonchev–Trinajstić information content (AvgIpc) is 2.85. The Morgan fingerprint density at radius 1 is 1.20 bits per heavy atom. The standard InChI is InChI=1S/C16H14FNO2/c17-13-7-3-1-5-11(13)9-16(19)18-14-10-20-15-8-4-2-6-12(14)15/h1-8,14H,9-10H2,(H,18,19). The minimum Gasteiger partial charge on any atom is -0.491 e. The van der Waals surface area contributed by atoms with Crippen LogP contribution in [0.5, 0.6) is 5.75 Å². The Bertz CT molecular complexity index is 642. The van der Waals surface area contributed by atoms with Crippen molar-refractivity contribution in [3.8, 4) is 5.75 Å². The van der Waals surface area contributed by atoms with E-state index in [1.165, 1.54) is 6.07 Å². The molecule has 0 spiro atoms. The molecule has 102 valence electrons. The maximum absolute atomic E-state index is 13.5. The van der Waals surface area contributed by atoms with Gasteiger partial charge >= 0.3 is 0 Å². The molecule has 20 heavy (non-hydrogen) atoms. The Kier molecular flexibility index (Phi) is 3.37. The first kappa shape index (κ1) is 12.7. The largest absolute Gasteiger partial charge is 0.491 e. The quantitative estimate of drug-likeness (QED) is 0.932. The molecule has 1 amide bonds. The number of fused-ring (bicyclic) bond motifs is 1. The molecule has 1 heterocycles. The van der Waals surface area contributed by atoms with Crippen LogP contribution in [0.3, 0.4) is 0 Å². The van der Waals surface area contributed by atoms with Gasteiger partial charge in [-0.15, -0.1) is 0 Å². The van der Waals surface area contributed by atoms with Crippen LogP contribution in [0.2, 0.25) is 0 Å². The Balaban J connectivity index is 1.68. The molecular formula is C16H14FNO2. The fourth-order valence-corrected chi connectivity index (χ4v) is 2.34. The number of halogens is 1. The minimum atomic E-state index is -0.356. The Morgan fingerprint density at radius 3 is 2.80 bits per heavy atom. The SMILES string of the molecule is O=C(Cc1ccccc1F)NC1COc2ccccc21. The van der Waals surface area contributed by atoms with Gasteiger partial charge in [-0.05, 0) is 17.7 Å². The number of carbonyl (C=O) groups excluding carboxylic acids is 1. The van der Waals surface area contributed by atoms with E-state index in [0.717, 1.165) is 11.3 Å². The first-order chi connectivity index (χ1) is 9.74. The highest BCUT2D eigenvalue weighted by molar-refractivity contribution is 5.79. The van der Waals surface area contributed by atoms with Crippen LogP contribution < -0.4 is 10.1 Å². The van der Waals surface area contributed by atoms with Crippen molar-refractivity contribution in [2.45, 2.75) is 12.5 Å². The molecule has 0 aliphatic carbocycles. The van der Waals surface area contributed by atoms with Crippen molar-refractivity contribution in [3.63, 3.8) is 0 Å². The number of hydrogen-bond acceptors (Lipinski definition) is 2. The molecule has 1 aliphatic rings. The number of benzene rings is 2. The summed E-state index contributed by atoms with van der Waals surface area (Å²) in [5, 5.41) is 2.88. The van der Waals surface area contributed by atoms with Gasteiger partial charge in [0.25, 0.3) is 0 Å². The molecule has 2 aromatic rings. The van der Waals surface area contributed by atoms with E-state index in [2.05, 4.69) is 5.32 Å². The third-order valence-corrected chi connectivity index (χ3v) is 3.34. The van der Waals surface area contributed by atoms with Crippen molar-refractivity contribution >= 4 is 5.91 Å². The molecule has 1 N–H and O–H groups in total. The van der Waals surface area contributed by atoms with Crippen molar-refractivity contribution in [2.75, 3.05) is 6.61 Å². The van der Waals surface area contributed by atoms with Gasteiger partial charge in [0.1, 0.15) is 18.2 Å². The van der Waals surface area contributed by atoms with Gasteiger partial charge < -0.3 is 10.1 Å². The van der Waals surface area contributed by atoms with Crippen molar-refractivity contribution < 1.29 is 13.9 Å². The molecule has 3 nitrogen and oxygen atoms in total. The van der Waals surface area contributed by atoms with Gasteiger partial charge in [0.15, 0.2) is 0 Å². The summed E-state index contributed by atoms with van der Waals surface area (Å²) in [7, 11) is 0. The summed E-state index contributed by atoms with van der Waals surface area (Å²) in [5.74, 6) is 0.231. The predicted molar refractivity (Wildman–Crippen MR) is 72.9 cm³/mol. The van der Waals surface area contributed by atoms with Gasteiger partial charge in [-0.3, -0.25) is 4.79 Å². The number of hydrogen-bond donors (Lipinski definition) is 1. The van der Waals surface area contributed by atoms with E-state index in [1.54, 1.807) is 18.2 Å². The maximum atomic E-state index is 13.5. The molecule has 3 rings (SSSR count). The third-order valence-electron chi connectivity index (χ3n) is 3.34. The van der Waals surface area contributed by atoms with Crippen LogP contribution in [-0.2, 0) is 11.2 Å². The van der Waals surface area contributed by atoms with Crippen LogP contribution in [0, 0.1) is 5.82 Å². The van der Waals surface area contributed by atoms with Crippen molar-refractivity contribution in [2.24, 2.45) is 0 Å². The van der Waals surface area contributed by atoms with Crippen molar-refractivity contribution in [1.29, 1.82) is 0 Å². The molecular weight excluding hydrogens is 257 g/mol. The lowest BCUT2D eigenvalue weighted by Gasteiger charge is -2.12. The summed E-state index contributed by atoms with van der Waals surface area (Å²) >= 11 is 0. The molecule has 0 radical (unpaired) electrons. The normalized spacial score (nSPS) is 16.4. The zero-order valence-corrected chi connectivity index (χ0v) is 10.8. The number of ether oxygens (including phenoxy) is 1. The van der Waals surface area contributed by atoms with Gasteiger partial charge in [-0.2, -0.15) is 0 Å². The van der Waals surface area contributed by atoms with Crippen LogP contribution in [0.15, 0.2) is 48.5 Å². The van der Waals surface area contributed by atoms with E-state index in [1.807, 2.05) is 24.3 Å². The summed E-state index contributed by atoms with van der Waals surface area (Å²) in [6.45, 7) is 0.419. The van der Waals surface area contributed by atoms with Gasteiger partial charge in [0.05, 0.1) is 12.5 Å². The lowest BCUT2D eigenvalue weighted by molar-refractivity contribution is -0.121. The first-order valence-electron chi connectivity index (χ1n) is 6.48. The van der Waals surface area contributed by atoms with E-state index in [9.17, 15) is 9.18 Å². The molecule has 0 fully saturated rings. The molecule has 2 aromatic carbocycles. The Labute approximate surface area is 116 Å². The molecule has 0 aromatic heterocycles. The lowest BCUT2D eigenvalue weighted by Crippen LogP contribution is -2.30. The third kappa shape index (κ3) is 2.50. The highest BCUT2D eigenvalue weighted by Gasteiger charge is 2.25. The fourth-order valence-electron chi connectivity index (χ4n) is 2.34. The smallest absolute Gasteiger partial charge is 0.225 e. The number of para-hydroxylation sites is 1. The molecule has 1 atom stereocenters. The van der Waals surface area contributed by atoms with Crippen LogP contribution in [0.25, 0.3) is 0 Å². The van der Waals surface area contributed by atoms with Crippen LogP contribution in [0.4, 0.5) is 4.39 Å². The molecule has 0 bridgehead atoms. The van der Waals surface area contributed by atoms with Gasteiger partial charge in [0, 0.05) is 5.56 Å². The monoisotopic (exact) mass is 271 g/mol. The molecule has 1 aliphatic heterocycles. The highest BCUT2D eigenvalue weighted by atomic mass is 19.1. The summed E-state index contributed by atoms with van der Waals surface area (Å²) in [6, 6.07) is 13.7. The van der Waals surface area contributed by atoms with E-state index in [0.29, 0.717) is 12.2 Å². The second kappa shape index (κ2) is 5.33. The zero-order chi connectivity index (χ0) is 13.9. The molecule has 0 saturated carbocycles. The lowest BCUT2D eigenvalue weighted by atomic mass is 10.1. The molecule has 1 unspecified atom stereocenters. The zero-order valence-electron chi connectivity index (χ0n) is 10.8. The van der Waals surface area contributed by atoms with E-state index >= 15 is 0 Å². The number of carbonyl (C=O) groups is 1. The second-order valence-electron chi connectivity index (χ2n) is 4.74. The second-order valence-corrected chi connectivity index (χ2v) is 4.74. The van der Waals surface area contributed by atoms with Gasteiger partial charge in [-0.1, -0.05) is 36.4 Å². The summed E-state index contributed by atoms with van der Waals surface area (Å²) < 4.78 is 19.0. The van der Waals surface area contributed by atoms with Crippen molar-refractivity contribution in [3.05, 3.63) is 65.5 Å². The Morgan fingerprint density at radius 2 is 1.95 bits per heavy atom. The average molecular weight is 271 g/mol. The Hall–Kier alpha value is -2.36. The number of amides is 1. The van der Waals surface area contributed by atoms with Gasteiger partial charge in [-0.25, -0.2) is 4.39 Å². The summed E-state index contributed by atoms with van der Waals surface area (Å²) in [6.07, 6.45) is 0.0331. The maximum Gasteiger partial charge on any atom is 0.225 e. The van der Waals surface area contributed by atoms with E-state index in [-0.39, 0.29) is 24.2 Å². The fraction of sp³-hybridized carbons (Fsp3) is 0.188. The summed E-state index contributed by atoms with van der Waals surface area (Å²) in [5.41, 5.74) is 1.37. The first-order valence-corrected chi connectivity index (χ1v) is 6.48. The van der Waals surface area contributed by atoms with Crippen LogP contribution in [-0.4, -0.2) is 12.5 Å². The van der Waals surface area contributed by atoms with E-state index in [4.69, 9.17) is 4.74 Å². The van der Waals surface area contributed by atoms with Crippen molar-refractivity contribution in [1.82, 2.24) is 5.32 Å². The molecule has 0 saturated heterocycles. The number of rotatable bonds is 3. The van der Waals surface area contributed by atoms with Crippen LogP contribution in [0.1, 0.15) is 17.2 Å². The van der Waals surface area contributed by atoms with E-state index < -0.39 is 0 Å². The highest BCUT2D eigenvalue weighted by Crippen LogP contribution is 2.31. The topological polar surface area (TPSA) is 38.3 Å². The number of nitrogens with one attached hydrogen (secondary N) is 1. The predicted octanol–water partition coefficient (Wildman–Crippen LogP) is 2.62. The summed E-state index contributed by atoms with van der Waals surface area (Å²) in [4.78, 5) is 12.0. The molecule has 4 heteroatoms. The van der Waals surface area contributed by atoms with Crippen LogP contribution >= 0.6 is 0 Å².